The van der Waals surface area contributed by atoms with E-state index in [-0.39, 0.29) is 23.1 Å². The molecule has 0 spiro atoms. The van der Waals surface area contributed by atoms with Crippen LogP contribution in [0, 0.1) is 0 Å². The van der Waals surface area contributed by atoms with E-state index in [1.807, 2.05) is 30.3 Å². The second kappa shape index (κ2) is 21.8. The van der Waals surface area contributed by atoms with E-state index in [0.717, 1.165) is 16.7 Å². The number of benzene rings is 3. The van der Waals surface area contributed by atoms with Gasteiger partial charge in [-0.2, -0.15) is 15.0 Å². The zero-order chi connectivity index (χ0) is 47.1. The molecule has 0 bridgehead atoms. The summed E-state index contributed by atoms with van der Waals surface area (Å²) in [6.45, 7) is 0. The maximum absolute atomic E-state index is 11.5. The number of hydroxylamine groups is 1. The van der Waals surface area contributed by atoms with Gasteiger partial charge in [-0.3, -0.25) is 10.0 Å². The Kier molecular flexibility index (Phi) is 14.9. The van der Waals surface area contributed by atoms with Crippen molar-refractivity contribution in [1.82, 2.24) is 40.4 Å². The number of hydrogen-bond donors (Lipinski definition) is 5. The molecule has 0 saturated heterocycles. The van der Waals surface area contributed by atoms with Crippen molar-refractivity contribution in [2.45, 2.75) is 19.3 Å². The van der Waals surface area contributed by atoms with E-state index in [0.29, 0.717) is 81.8 Å². The number of carbonyl (C=O) groups excluding carboxylic acids is 2. The maximum atomic E-state index is 11.5. The summed E-state index contributed by atoms with van der Waals surface area (Å²) in [7, 11) is 1.36. The fourth-order valence-electron chi connectivity index (χ4n) is 6.23. The van der Waals surface area contributed by atoms with Gasteiger partial charge in [-0.1, -0.05) is 36.4 Å². The van der Waals surface area contributed by atoms with E-state index in [9.17, 15) is 14.4 Å². The summed E-state index contributed by atoms with van der Waals surface area (Å²) in [6.07, 6.45) is 7.89. The molecule has 0 unspecified atom stereocenters. The van der Waals surface area contributed by atoms with E-state index in [1.54, 1.807) is 109 Å². The molecule has 0 saturated carbocycles. The minimum absolute atomic E-state index is 0.0347. The summed E-state index contributed by atoms with van der Waals surface area (Å²) in [4.78, 5) is 62.5. The minimum Gasteiger partial charge on any atom is -0.504 e. The van der Waals surface area contributed by atoms with Crippen LogP contribution in [-0.4, -0.2) is 75.3 Å². The first-order valence-corrected chi connectivity index (χ1v) is 20.1. The summed E-state index contributed by atoms with van der Waals surface area (Å²) in [5.74, 6) is -0.0181. The molecule has 0 radical (unpaired) electrons. The molecule has 3 aromatic carbocycles. The molecule has 0 aliphatic heterocycles. The van der Waals surface area contributed by atoms with Crippen LogP contribution in [-0.2, 0) is 24.0 Å². The van der Waals surface area contributed by atoms with Gasteiger partial charge in [0, 0.05) is 49.6 Å². The number of rotatable bonds is 9. The number of nitrogen functional groups attached to an aromatic ring is 1. The van der Waals surface area contributed by atoms with Crippen LogP contribution in [0.15, 0.2) is 159 Å². The van der Waals surface area contributed by atoms with Crippen LogP contribution in [0.3, 0.4) is 0 Å². The number of carbonyl (C=O) groups is 3. The molecule has 6 N–H and O–H groups in total. The Morgan fingerprint density at radius 1 is 0.567 bits per heavy atom. The molecule has 0 fully saturated rings. The van der Waals surface area contributed by atoms with Gasteiger partial charge >= 0.3 is 11.9 Å². The Morgan fingerprint density at radius 2 is 0.970 bits per heavy atom. The number of nitrogens with two attached hydrogens (primary N) is 1. The molecule has 10 rings (SSSR count). The number of pyridine rings is 4. The zero-order valence-electron chi connectivity index (χ0n) is 35.4. The first-order valence-electron chi connectivity index (χ1n) is 20.1. The fourth-order valence-corrected chi connectivity index (χ4v) is 6.23. The van der Waals surface area contributed by atoms with Crippen LogP contribution in [0.25, 0.3) is 33.7 Å². The van der Waals surface area contributed by atoms with Gasteiger partial charge in [0.25, 0.3) is 5.91 Å². The highest BCUT2D eigenvalue weighted by Crippen LogP contribution is 2.20. The third-order valence-corrected chi connectivity index (χ3v) is 9.32. The number of esters is 1. The van der Waals surface area contributed by atoms with Crippen molar-refractivity contribution in [3.05, 3.63) is 197 Å². The van der Waals surface area contributed by atoms with Gasteiger partial charge in [0.15, 0.2) is 45.3 Å². The molecule has 0 aliphatic rings. The molecule has 67 heavy (non-hydrogen) atoms. The Balaban J connectivity index is 0.000000138. The van der Waals surface area contributed by atoms with Gasteiger partial charge in [0.2, 0.25) is 17.7 Å². The molecule has 336 valence electrons. The van der Waals surface area contributed by atoms with Gasteiger partial charge in [0.1, 0.15) is 0 Å². The van der Waals surface area contributed by atoms with Crippen molar-refractivity contribution in [2.75, 3.05) is 12.8 Å². The molecular weight excluding hydrogens is 863 g/mol. The van der Waals surface area contributed by atoms with Crippen LogP contribution in [0.5, 0.6) is 5.75 Å². The smallest absolute Gasteiger partial charge is 0.337 e. The Bertz CT molecular complexity index is 3040. The van der Waals surface area contributed by atoms with Crippen LogP contribution >= 0.6 is 0 Å². The Labute approximate surface area is 379 Å². The highest BCUT2D eigenvalue weighted by atomic mass is 16.5. The number of ether oxygens (including phenoxy) is 1. The Hall–Kier alpha value is -9.36. The quantitative estimate of drug-likeness (QED) is 0.0535. The highest BCUT2D eigenvalue weighted by Gasteiger charge is 2.12. The number of aromatic hydroxyl groups is 1. The van der Waals surface area contributed by atoms with Gasteiger partial charge < -0.3 is 33.9 Å². The summed E-state index contributed by atoms with van der Waals surface area (Å²) in [5.41, 5.74) is 14.2. The van der Waals surface area contributed by atoms with Gasteiger partial charge in [-0.25, -0.2) is 35.0 Å². The number of nitrogens with zero attached hydrogens (tertiary/aromatic N) is 7. The lowest BCUT2D eigenvalue weighted by Crippen LogP contribution is -2.18. The highest BCUT2D eigenvalue weighted by molar-refractivity contribution is 5.93. The third kappa shape index (κ3) is 12.4. The van der Waals surface area contributed by atoms with Crippen molar-refractivity contribution in [2.24, 2.45) is 0 Å². The average Bonchev–Trinajstić information content (AvgIpc) is 4.09. The lowest BCUT2D eigenvalue weighted by molar-refractivity contribution is 0.0599. The van der Waals surface area contributed by atoms with Crippen LogP contribution in [0.2, 0.25) is 0 Å². The molecular formula is C48H39N9O10. The molecule has 19 nitrogen and oxygen atoms in total. The SMILES string of the molecule is COC(=O)c1cccc(Cc2nc3ncccc3o2)c1.Nc1ncccc1O.O=C(NO)c1cccc(Cc2nc3ncccc3o2)c1.O=C(O)c1cccc(Cc2nc3ncccc3o2)c1. The van der Waals surface area contributed by atoms with Crippen molar-refractivity contribution in [3.8, 4) is 5.75 Å². The van der Waals surface area contributed by atoms with Crippen LogP contribution in [0.1, 0.15) is 65.4 Å². The zero-order valence-corrected chi connectivity index (χ0v) is 35.4. The molecule has 0 atom stereocenters. The van der Waals surface area contributed by atoms with Gasteiger partial charge in [-0.15, -0.1) is 0 Å². The molecule has 10 aromatic rings. The standard InChI is InChI=1S/C15H12N2O3.C14H11N3O3.C14H10N2O3.C5H6N2O/c1-19-15(18)11-5-2-4-10(8-11)9-13-17-14-12(20-13)6-3-7-16-14;18-14(17-19)10-4-1-3-9(7-10)8-12-16-13-11(20-12)5-2-6-15-13;17-14(18)10-4-1-3-9(7-10)8-12-16-13-11(19-12)5-2-6-15-13;6-5-4(8)2-1-3-7-5/h2-8H,9H2,1H3;1-7,19H,8H2,(H,17,18);1-7H,8H2,(H,17,18);1-3,8H,(H2,6,7). The van der Waals surface area contributed by atoms with E-state index in [1.165, 1.54) is 19.4 Å². The lowest BCUT2D eigenvalue weighted by atomic mass is 10.1. The molecule has 1 amide bonds. The van der Waals surface area contributed by atoms with Gasteiger partial charge in [0.05, 0.1) is 18.2 Å². The van der Waals surface area contributed by atoms with E-state index in [2.05, 4.69) is 34.9 Å². The number of amides is 1. The number of carboxylic acid groups (broad SMARTS) is 1. The molecule has 0 aliphatic carbocycles. The number of oxazole rings is 3. The predicted octanol–water partition coefficient (Wildman–Crippen LogP) is 7.41. The first-order chi connectivity index (χ1) is 32.5. The summed E-state index contributed by atoms with van der Waals surface area (Å²) >= 11 is 0. The minimum atomic E-state index is -0.943. The lowest BCUT2D eigenvalue weighted by Gasteiger charge is -2.01. The monoisotopic (exact) mass is 901 g/mol. The fraction of sp³-hybridized carbons (Fsp3) is 0.0833. The van der Waals surface area contributed by atoms with Crippen LogP contribution < -0.4 is 11.2 Å². The number of fused-ring (bicyclic) bond motifs is 3. The summed E-state index contributed by atoms with van der Waals surface area (Å²) in [5, 5.41) is 26.3. The second-order valence-electron chi connectivity index (χ2n) is 14.1. The molecule has 7 aromatic heterocycles. The van der Waals surface area contributed by atoms with Crippen molar-refractivity contribution < 1.29 is 47.8 Å². The first kappa shape index (κ1) is 45.7. The molecule has 7 heterocycles. The number of anilines is 1. The van der Waals surface area contributed by atoms with Crippen molar-refractivity contribution >= 4 is 57.4 Å². The second-order valence-corrected chi connectivity index (χ2v) is 14.1. The van der Waals surface area contributed by atoms with E-state index < -0.39 is 11.9 Å². The largest absolute Gasteiger partial charge is 0.504 e. The number of aromatic nitrogens is 7. The number of methoxy groups -OCH3 is 1. The summed E-state index contributed by atoms with van der Waals surface area (Å²) in [6, 6.07) is 34.7. The van der Waals surface area contributed by atoms with Gasteiger partial charge in [-0.05, 0) is 102 Å². The van der Waals surface area contributed by atoms with Crippen molar-refractivity contribution in [1.29, 1.82) is 0 Å². The normalized spacial score (nSPS) is 10.5. The third-order valence-electron chi connectivity index (χ3n) is 9.32. The average molecular weight is 902 g/mol. The van der Waals surface area contributed by atoms with Crippen molar-refractivity contribution in [3.63, 3.8) is 0 Å². The van der Waals surface area contributed by atoms with E-state index >= 15 is 0 Å². The number of hydrogen-bond acceptors (Lipinski definition) is 17. The predicted molar refractivity (Wildman–Crippen MR) is 241 cm³/mol. The molecule has 19 heteroatoms. The topological polar surface area (TPSA) is 289 Å². The number of nitrogens with one attached hydrogen (secondary N) is 1. The van der Waals surface area contributed by atoms with Crippen LogP contribution in [0.4, 0.5) is 5.82 Å². The summed E-state index contributed by atoms with van der Waals surface area (Å²) < 4.78 is 21.4. The van der Waals surface area contributed by atoms with E-state index in [4.69, 9.17) is 39.1 Å². The Morgan fingerprint density at radius 3 is 1.36 bits per heavy atom. The number of aromatic carboxylic acids is 1. The maximum Gasteiger partial charge on any atom is 0.337 e. The number of carboxylic acids is 1.